The molecule has 2 unspecified atom stereocenters. The lowest BCUT2D eigenvalue weighted by Gasteiger charge is -2.30. The average molecular weight is 431 g/mol. The molecule has 0 spiro atoms. The summed E-state index contributed by atoms with van der Waals surface area (Å²) in [5, 5.41) is 11.2. The van der Waals surface area contributed by atoms with Gasteiger partial charge in [0.15, 0.2) is 0 Å². The molecule has 4 rings (SSSR count). The van der Waals surface area contributed by atoms with Gasteiger partial charge in [0.1, 0.15) is 0 Å². The highest BCUT2D eigenvalue weighted by molar-refractivity contribution is 5.85. The van der Waals surface area contributed by atoms with Gasteiger partial charge in [0.25, 0.3) is 0 Å². The first-order valence-corrected chi connectivity index (χ1v) is 11.3. The number of aromatic amines is 1. The summed E-state index contributed by atoms with van der Waals surface area (Å²) in [5.74, 6) is 0.917. The summed E-state index contributed by atoms with van der Waals surface area (Å²) in [6.45, 7) is 0.870. The number of carbonyl (C=O) groups excluding carboxylic acids is 1. The Labute approximate surface area is 186 Å². The monoisotopic (exact) mass is 430 g/mol. The first kappa shape index (κ1) is 22.8. The van der Waals surface area contributed by atoms with Crippen molar-refractivity contribution in [3.8, 4) is 11.3 Å². The van der Waals surface area contributed by atoms with Gasteiger partial charge in [-0.15, -0.1) is 12.4 Å². The van der Waals surface area contributed by atoms with Crippen molar-refractivity contribution in [1.29, 1.82) is 0 Å². The first-order chi connectivity index (χ1) is 14.2. The summed E-state index contributed by atoms with van der Waals surface area (Å²) in [6, 6.07) is 13.8. The van der Waals surface area contributed by atoms with Crippen molar-refractivity contribution >= 4 is 18.3 Å². The Morgan fingerprint density at radius 3 is 2.57 bits per heavy atom. The van der Waals surface area contributed by atoms with Gasteiger partial charge in [-0.3, -0.25) is 9.89 Å². The molecule has 30 heavy (non-hydrogen) atoms. The zero-order valence-corrected chi connectivity index (χ0v) is 18.8. The lowest BCUT2D eigenvalue weighted by Crippen LogP contribution is -2.40. The van der Waals surface area contributed by atoms with Crippen molar-refractivity contribution in [2.45, 2.75) is 69.9 Å². The smallest absolute Gasteiger partial charge is 0.222 e. The number of benzene rings is 1. The molecule has 0 saturated carbocycles. The zero-order valence-electron chi connectivity index (χ0n) is 18.0. The van der Waals surface area contributed by atoms with E-state index in [2.05, 4.69) is 33.7 Å². The molecule has 1 amide bonds. The topological polar surface area (TPSA) is 61.0 Å². The number of aromatic nitrogens is 2. The summed E-state index contributed by atoms with van der Waals surface area (Å²) in [4.78, 5) is 14.5. The maximum Gasteiger partial charge on any atom is 0.222 e. The number of fused-ring (bicyclic) bond motifs is 2. The van der Waals surface area contributed by atoms with E-state index in [0.29, 0.717) is 23.9 Å². The predicted molar refractivity (Wildman–Crippen MR) is 124 cm³/mol. The lowest BCUT2D eigenvalue weighted by molar-refractivity contribution is -0.131. The molecule has 3 heterocycles. The maximum absolute atomic E-state index is 12.6. The number of rotatable bonds is 9. The maximum atomic E-state index is 12.6. The van der Waals surface area contributed by atoms with Crippen LogP contribution in [0.15, 0.2) is 36.4 Å². The Morgan fingerprint density at radius 2 is 1.83 bits per heavy atom. The van der Waals surface area contributed by atoms with E-state index in [-0.39, 0.29) is 12.4 Å². The lowest BCUT2D eigenvalue weighted by atomic mass is 9.89. The van der Waals surface area contributed by atoms with E-state index in [1.807, 2.05) is 30.1 Å². The molecule has 6 heteroatoms. The van der Waals surface area contributed by atoms with Crippen LogP contribution >= 0.6 is 12.4 Å². The minimum atomic E-state index is 0. The van der Waals surface area contributed by atoms with Gasteiger partial charge in [0.05, 0.1) is 5.69 Å². The Hall–Kier alpha value is -1.85. The third-order valence-corrected chi connectivity index (χ3v) is 6.60. The zero-order chi connectivity index (χ0) is 20.1. The molecule has 2 fully saturated rings. The van der Waals surface area contributed by atoms with Gasteiger partial charge >= 0.3 is 0 Å². The third kappa shape index (κ3) is 6.08. The molecule has 2 saturated heterocycles. The highest BCUT2D eigenvalue weighted by Gasteiger charge is 2.34. The molecule has 2 atom stereocenters. The quantitative estimate of drug-likeness (QED) is 0.572. The van der Waals surface area contributed by atoms with Gasteiger partial charge < -0.3 is 10.2 Å². The van der Waals surface area contributed by atoms with Crippen LogP contribution in [0.25, 0.3) is 11.3 Å². The summed E-state index contributed by atoms with van der Waals surface area (Å²) < 4.78 is 0. The highest BCUT2D eigenvalue weighted by Crippen LogP contribution is 2.32. The number of unbranched alkanes of at least 4 members (excludes halogenated alkanes) is 2. The van der Waals surface area contributed by atoms with Gasteiger partial charge in [-0.05, 0) is 56.9 Å². The average Bonchev–Trinajstić information content (AvgIpc) is 3.34. The number of amides is 1. The van der Waals surface area contributed by atoms with E-state index in [1.165, 1.54) is 31.4 Å². The summed E-state index contributed by atoms with van der Waals surface area (Å²) >= 11 is 0. The van der Waals surface area contributed by atoms with Crippen LogP contribution in [0.5, 0.6) is 0 Å². The van der Waals surface area contributed by atoms with Crippen LogP contribution in [0.4, 0.5) is 0 Å². The van der Waals surface area contributed by atoms with Crippen molar-refractivity contribution in [2.75, 3.05) is 13.6 Å². The van der Waals surface area contributed by atoms with Crippen molar-refractivity contribution in [1.82, 2.24) is 20.4 Å². The first-order valence-electron chi connectivity index (χ1n) is 11.3. The van der Waals surface area contributed by atoms with Gasteiger partial charge in [-0.1, -0.05) is 36.8 Å². The largest absolute Gasteiger partial charge is 0.346 e. The summed E-state index contributed by atoms with van der Waals surface area (Å²) in [7, 11) is 1.97. The van der Waals surface area contributed by atoms with Crippen LogP contribution in [0.2, 0.25) is 0 Å². The number of piperidine rings is 1. The Kier molecular flexibility index (Phi) is 8.34. The number of nitrogens with zero attached hydrogens (tertiary/aromatic N) is 2. The predicted octanol–water partition coefficient (Wildman–Crippen LogP) is 4.59. The van der Waals surface area contributed by atoms with E-state index in [1.54, 1.807) is 0 Å². The van der Waals surface area contributed by atoms with E-state index >= 15 is 0 Å². The minimum absolute atomic E-state index is 0. The molecule has 5 nitrogen and oxygen atoms in total. The molecular weight excluding hydrogens is 396 g/mol. The molecule has 2 N–H and O–H groups in total. The number of halogens is 1. The van der Waals surface area contributed by atoms with Crippen LogP contribution in [-0.4, -0.2) is 46.7 Å². The van der Waals surface area contributed by atoms with E-state index in [0.717, 1.165) is 49.9 Å². The molecule has 0 radical (unpaired) electrons. The van der Waals surface area contributed by atoms with Crippen LogP contribution in [0.3, 0.4) is 0 Å². The second kappa shape index (κ2) is 11.0. The van der Waals surface area contributed by atoms with Crippen molar-refractivity contribution < 1.29 is 4.79 Å². The molecule has 1 aromatic carbocycles. The summed E-state index contributed by atoms with van der Waals surface area (Å²) in [6.07, 6.45) is 10.0. The highest BCUT2D eigenvalue weighted by atomic mass is 35.5. The van der Waals surface area contributed by atoms with Crippen molar-refractivity contribution in [2.24, 2.45) is 5.92 Å². The Balaban J connectivity index is 0.00000256. The fourth-order valence-electron chi connectivity index (χ4n) is 4.96. The van der Waals surface area contributed by atoms with Crippen LogP contribution in [-0.2, 0) is 11.2 Å². The fraction of sp³-hybridized carbons (Fsp3) is 0.583. The van der Waals surface area contributed by atoms with Gasteiger partial charge in [-0.2, -0.15) is 5.10 Å². The fourth-order valence-corrected chi connectivity index (χ4v) is 4.96. The number of H-pyrrole nitrogens is 1. The number of nitrogens with one attached hydrogen (secondary N) is 2. The van der Waals surface area contributed by atoms with Gasteiger partial charge in [0.2, 0.25) is 5.91 Å². The van der Waals surface area contributed by atoms with Gasteiger partial charge in [0, 0.05) is 43.4 Å². The number of aryl methyl sites for hydroxylation is 1. The standard InChI is InChI=1S/C24H34N4O.ClH/c1-28(24(29)16-18-14-20-11-12-21(15-18)25-20)13-7-3-6-10-22-17-23(27-26-22)19-8-4-2-5-9-19;/h2,4-5,8-9,17-18,20-21,25H,3,6-7,10-16H2,1H3,(H,26,27);1H. The van der Waals surface area contributed by atoms with E-state index < -0.39 is 0 Å². The van der Waals surface area contributed by atoms with E-state index in [4.69, 9.17) is 0 Å². The third-order valence-electron chi connectivity index (χ3n) is 6.60. The van der Waals surface area contributed by atoms with E-state index in [9.17, 15) is 4.79 Å². The van der Waals surface area contributed by atoms with Crippen LogP contribution in [0, 0.1) is 5.92 Å². The summed E-state index contributed by atoms with van der Waals surface area (Å²) in [5.41, 5.74) is 3.35. The molecule has 0 aliphatic carbocycles. The van der Waals surface area contributed by atoms with Gasteiger partial charge in [-0.25, -0.2) is 0 Å². The van der Waals surface area contributed by atoms with Crippen LogP contribution < -0.4 is 5.32 Å². The molecule has 164 valence electrons. The Bertz CT molecular complexity index is 782. The second-order valence-electron chi connectivity index (χ2n) is 8.95. The molecule has 1 aromatic heterocycles. The SMILES string of the molecule is CN(CCCCCc1cc(-c2ccccc2)n[nH]1)C(=O)CC1CC2CCC(C1)N2.Cl. The van der Waals surface area contributed by atoms with Crippen LogP contribution in [0.1, 0.15) is 57.1 Å². The van der Waals surface area contributed by atoms with Crippen molar-refractivity contribution in [3.63, 3.8) is 0 Å². The second-order valence-corrected chi connectivity index (χ2v) is 8.95. The van der Waals surface area contributed by atoms with Crippen molar-refractivity contribution in [3.05, 3.63) is 42.1 Å². The Morgan fingerprint density at radius 1 is 1.10 bits per heavy atom. The molecule has 2 aliphatic rings. The number of hydrogen-bond acceptors (Lipinski definition) is 3. The minimum Gasteiger partial charge on any atom is -0.346 e. The molecule has 2 aromatic rings. The normalized spacial score (nSPS) is 22.5. The molecule has 2 bridgehead atoms. The number of hydrogen-bond donors (Lipinski definition) is 2. The molecular formula is C24H35ClN4O. The molecule has 2 aliphatic heterocycles. The number of carbonyl (C=O) groups is 1.